The maximum absolute atomic E-state index is 12.8. The monoisotopic (exact) mass is 466 g/mol. The summed E-state index contributed by atoms with van der Waals surface area (Å²) >= 11 is 0. The Morgan fingerprint density at radius 2 is 1.68 bits per heavy atom. The number of methoxy groups -OCH3 is 1. The zero-order valence-corrected chi connectivity index (χ0v) is 19.2. The molecule has 180 valence electrons. The van der Waals surface area contributed by atoms with Crippen molar-refractivity contribution in [1.29, 1.82) is 0 Å². The topological polar surface area (TPSA) is 114 Å². The van der Waals surface area contributed by atoms with E-state index >= 15 is 0 Å². The lowest BCUT2D eigenvalue weighted by Crippen LogP contribution is -2.50. The van der Waals surface area contributed by atoms with E-state index in [2.05, 4.69) is 22.8 Å². The highest BCUT2D eigenvalue weighted by Gasteiger charge is 2.33. The van der Waals surface area contributed by atoms with Gasteiger partial charge in [-0.3, -0.25) is 9.59 Å². The van der Waals surface area contributed by atoms with Crippen LogP contribution in [0.4, 0.5) is 4.79 Å². The molecule has 2 aliphatic rings. The SMILES string of the molecule is COCCC(NC(=O)OCC1c2ccccc2-c2ccccc21)C(=O)N[C@H]1CC[C@@H](C(=O)O)C1. The molecule has 1 unspecified atom stereocenters. The Labute approximate surface area is 198 Å². The fourth-order valence-electron chi connectivity index (χ4n) is 4.93. The van der Waals surface area contributed by atoms with Gasteiger partial charge in [0, 0.05) is 32.1 Å². The number of hydrogen-bond acceptors (Lipinski definition) is 5. The number of amides is 2. The molecule has 0 aromatic heterocycles. The smallest absolute Gasteiger partial charge is 0.407 e. The molecule has 2 aliphatic carbocycles. The van der Waals surface area contributed by atoms with E-state index in [1.165, 1.54) is 7.11 Å². The number of nitrogens with one attached hydrogen (secondary N) is 2. The fourth-order valence-corrected chi connectivity index (χ4v) is 4.93. The normalized spacial score (nSPS) is 19.7. The van der Waals surface area contributed by atoms with Crippen molar-refractivity contribution in [3.63, 3.8) is 0 Å². The summed E-state index contributed by atoms with van der Waals surface area (Å²) in [4.78, 5) is 36.7. The molecule has 34 heavy (non-hydrogen) atoms. The van der Waals surface area contributed by atoms with Crippen molar-refractivity contribution in [2.45, 2.75) is 43.7 Å². The highest BCUT2D eigenvalue weighted by atomic mass is 16.5. The number of aliphatic carboxylic acids is 1. The quantitative estimate of drug-likeness (QED) is 0.523. The highest BCUT2D eigenvalue weighted by molar-refractivity contribution is 5.86. The number of ether oxygens (including phenoxy) is 2. The van der Waals surface area contributed by atoms with Crippen LogP contribution in [-0.2, 0) is 19.1 Å². The second-order valence-electron chi connectivity index (χ2n) is 8.86. The summed E-state index contributed by atoms with van der Waals surface area (Å²) < 4.78 is 10.7. The minimum absolute atomic E-state index is 0.0733. The maximum atomic E-state index is 12.8. The second kappa shape index (κ2) is 10.7. The van der Waals surface area contributed by atoms with E-state index < -0.39 is 24.0 Å². The molecule has 0 radical (unpaired) electrons. The molecular formula is C26H30N2O6. The van der Waals surface area contributed by atoms with Gasteiger partial charge in [-0.25, -0.2) is 4.79 Å². The Morgan fingerprint density at radius 3 is 2.26 bits per heavy atom. The number of carboxylic acid groups (broad SMARTS) is 1. The number of carbonyl (C=O) groups excluding carboxylic acids is 2. The van der Waals surface area contributed by atoms with Crippen LogP contribution in [0.15, 0.2) is 48.5 Å². The van der Waals surface area contributed by atoms with E-state index in [4.69, 9.17) is 9.47 Å². The number of benzene rings is 2. The average molecular weight is 467 g/mol. The average Bonchev–Trinajstić information content (AvgIpc) is 3.43. The first-order valence-corrected chi connectivity index (χ1v) is 11.6. The molecule has 1 saturated carbocycles. The molecule has 2 amide bonds. The van der Waals surface area contributed by atoms with Crippen molar-refractivity contribution < 1.29 is 29.0 Å². The summed E-state index contributed by atoms with van der Waals surface area (Å²) in [5, 5.41) is 14.7. The molecule has 0 spiro atoms. The van der Waals surface area contributed by atoms with Crippen molar-refractivity contribution in [2.24, 2.45) is 5.92 Å². The van der Waals surface area contributed by atoms with E-state index in [0.717, 1.165) is 22.3 Å². The molecular weight excluding hydrogens is 436 g/mol. The van der Waals surface area contributed by atoms with Gasteiger partial charge in [-0.2, -0.15) is 0 Å². The maximum Gasteiger partial charge on any atom is 0.407 e. The zero-order chi connectivity index (χ0) is 24.1. The molecule has 0 heterocycles. The van der Waals surface area contributed by atoms with Gasteiger partial charge in [-0.15, -0.1) is 0 Å². The predicted molar refractivity (Wildman–Crippen MR) is 125 cm³/mol. The molecule has 3 N–H and O–H groups in total. The van der Waals surface area contributed by atoms with Crippen molar-refractivity contribution >= 4 is 18.0 Å². The first kappa shape index (κ1) is 23.8. The van der Waals surface area contributed by atoms with E-state index in [1.807, 2.05) is 36.4 Å². The summed E-state index contributed by atoms with van der Waals surface area (Å²) in [6, 6.07) is 15.1. The first-order valence-electron chi connectivity index (χ1n) is 11.6. The fraction of sp³-hybridized carbons (Fsp3) is 0.423. The molecule has 3 atom stereocenters. The van der Waals surface area contributed by atoms with Gasteiger partial charge >= 0.3 is 12.1 Å². The largest absolute Gasteiger partial charge is 0.481 e. The van der Waals surface area contributed by atoms with Crippen LogP contribution in [0.1, 0.15) is 42.7 Å². The number of alkyl carbamates (subject to hydrolysis) is 1. The summed E-state index contributed by atoms with van der Waals surface area (Å²) in [5.41, 5.74) is 4.50. The zero-order valence-electron chi connectivity index (χ0n) is 19.2. The predicted octanol–water partition coefficient (Wildman–Crippen LogP) is 3.30. The van der Waals surface area contributed by atoms with Gasteiger partial charge in [-0.1, -0.05) is 48.5 Å². The van der Waals surface area contributed by atoms with E-state index in [1.54, 1.807) is 0 Å². The van der Waals surface area contributed by atoms with Crippen LogP contribution >= 0.6 is 0 Å². The lowest BCUT2D eigenvalue weighted by atomic mass is 9.98. The number of rotatable bonds is 9. The van der Waals surface area contributed by atoms with Crippen molar-refractivity contribution in [3.05, 3.63) is 59.7 Å². The van der Waals surface area contributed by atoms with Gasteiger partial charge in [0.25, 0.3) is 0 Å². The van der Waals surface area contributed by atoms with E-state index in [-0.39, 0.29) is 37.5 Å². The Balaban J connectivity index is 1.36. The molecule has 2 aromatic rings. The summed E-state index contributed by atoms with van der Waals surface area (Å²) in [7, 11) is 1.52. The summed E-state index contributed by atoms with van der Waals surface area (Å²) in [5.74, 6) is -1.72. The van der Waals surface area contributed by atoms with Crippen molar-refractivity contribution in [3.8, 4) is 11.1 Å². The van der Waals surface area contributed by atoms with Crippen LogP contribution in [0, 0.1) is 5.92 Å². The standard InChI is InChI=1S/C26H30N2O6/c1-33-13-12-23(24(29)27-17-11-10-16(14-17)25(30)31)28-26(32)34-15-22-20-8-4-2-6-18(20)19-7-3-5-9-21(19)22/h2-9,16-17,22-23H,10-15H2,1H3,(H,27,29)(H,28,32)(H,30,31)/t16-,17+,23?/m1/s1. The molecule has 1 fully saturated rings. The van der Waals surface area contributed by atoms with Gasteiger partial charge in [0.15, 0.2) is 0 Å². The van der Waals surface area contributed by atoms with Crippen LogP contribution < -0.4 is 10.6 Å². The van der Waals surface area contributed by atoms with Crippen LogP contribution in [0.3, 0.4) is 0 Å². The van der Waals surface area contributed by atoms with E-state index in [9.17, 15) is 19.5 Å². The minimum Gasteiger partial charge on any atom is -0.481 e. The van der Waals surface area contributed by atoms with Crippen LogP contribution in [-0.4, -0.2) is 55.5 Å². The third kappa shape index (κ3) is 5.22. The summed E-state index contributed by atoms with van der Waals surface area (Å²) in [6.45, 7) is 0.436. The Hall–Kier alpha value is -3.39. The number of carbonyl (C=O) groups is 3. The third-order valence-corrected chi connectivity index (χ3v) is 6.69. The van der Waals surface area contributed by atoms with Gasteiger partial charge < -0.3 is 25.2 Å². The van der Waals surface area contributed by atoms with Gasteiger partial charge in [-0.05, 0) is 41.5 Å². The van der Waals surface area contributed by atoms with Gasteiger partial charge in [0.05, 0.1) is 5.92 Å². The molecule has 0 aliphatic heterocycles. The number of carboxylic acids is 1. The molecule has 8 nitrogen and oxygen atoms in total. The second-order valence-corrected chi connectivity index (χ2v) is 8.86. The third-order valence-electron chi connectivity index (χ3n) is 6.69. The Kier molecular flexibility index (Phi) is 7.47. The van der Waals surface area contributed by atoms with Gasteiger partial charge in [0.2, 0.25) is 5.91 Å². The first-order chi connectivity index (χ1) is 16.5. The lowest BCUT2D eigenvalue weighted by Gasteiger charge is -2.21. The molecule has 0 bridgehead atoms. The highest BCUT2D eigenvalue weighted by Crippen LogP contribution is 2.44. The lowest BCUT2D eigenvalue weighted by molar-refractivity contribution is -0.141. The number of hydrogen-bond donors (Lipinski definition) is 3. The Bertz CT molecular complexity index is 1010. The van der Waals surface area contributed by atoms with Crippen LogP contribution in [0.2, 0.25) is 0 Å². The van der Waals surface area contributed by atoms with Crippen LogP contribution in [0.5, 0.6) is 0 Å². The van der Waals surface area contributed by atoms with Crippen LogP contribution in [0.25, 0.3) is 11.1 Å². The van der Waals surface area contributed by atoms with Crippen molar-refractivity contribution in [2.75, 3.05) is 20.3 Å². The molecule has 4 rings (SSSR count). The Morgan fingerprint density at radius 1 is 1.03 bits per heavy atom. The molecule has 2 aromatic carbocycles. The van der Waals surface area contributed by atoms with E-state index in [0.29, 0.717) is 19.3 Å². The summed E-state index contributed by atoms with van der Waals surface area (Å²) in [6.07, 6.45) is 1.13. The number of fused-ring (bicyclic) bond motifs is 3. The van der Waals surface area contributed by atoms with Gasteiger partial charge in [0.1, 0.15) is 12.6 Å². The minimum atomic E-state index is -0.843. The van der Waals surface area contributed by atoms with Crippen molar-refractivity contribution in [1.82, 2.24) is 10.6 Å². The molecule has 8 heteroatoms. The molecule has 0 saturated heterocycles.